The first kappa shape index (κ1) is 36.3. The molecule has 0 spiro atoms. The van der Waals surface area contributed by atoms with Crippen LogP contribution in [0.3, 0.4) is 0 Å². The third-order valence-electron chi connectivity index (χ3n) is 6.59. The van der Waals surface area contributed by atoms with Crippen molar-refractivity contribution in [3.05, 3.63) is 0 Å². The van der Waals surface area contributed by atoms with Crippen LogP contribution < -0.4 is 10.2 Å². The third-order valence-corrected chi connectivity index (χ3v) is 8.01. The van der Waals surface area contributed by atoms with E-state index >= 15 is 0 Å². The van der Waals surface area contributed by atoms with Crippen LogP contribution in [0.4, 0.5) is 0 Å². The van der Waals surface area contributed by atoms with Gasteiger partial charge in [0.15, 0.2) is 0 Å². The largest absolute Gasteiger partial charge is 0.779 e. The van der Waals surface area contributed by atoms with Gasteiger partial charge in [-0.1, -0.05) is 130 Å². The molecule has 0 aromatic heterocycles. The number of hydrogen-bond acceptors (Lipinski definition) is 3. The van der Waals surface area contributed by atoms with E-state index in [1.165, 1.54) is 142 Å². The standard InChI is InChI=1S/C16H35N.C13H29O3P/c1-3-5-7-9-11-13-15-17-16-14-12-10-8-6-4-2;1-3-4-5-6-7-8-9-10-11-12-13-17(14,15)16-2/h17H,3-16H2,1-2H3;3-13H2,1-2H3,(H,14,15). The predicted octanol–water partition coefficient (Wildman–Crippen LogP) is 8.38. The van der Waals surface area contributed by atoms with Gasteiger partial charge in [0.05, 0.1) is 13.1 Å². The minimum Gasteiger partial charge on any atom is -0.779 e. The first-order valence-electron chi connectivity index (χ1n) is 15.2. The molecule has 4 nitrogen and oxygen atoms in total. The van der Waals surface area contributed by atoms with Crippen molar-refractivity contribution in [2.24, 2.45) is 0 Å². The number of rotatable bonds is 26. The zero-order chi connectivity index (χ0) is 25.6. The van der Waals surface area contributed by atoms with E-state index in [0.29, 0.717) is 0 Å². The minimum absolute atomic E-state index is 0.194. The Morgan fingerprint density at radius 3 is 1.15 bits per heavy atom. The molecule has 0 aromatic rings. The lowest BCUT2D eigenvalue weighted by molar-refractivity contribution is -0.655. The molecule has 34 heavy (non-hydrogen) atoms. The highest BCUT2D eigenvalue weighted by Gasteiger charge is 2.04. The molecule has 1 atom stereocenters. The monoisotopic (exact) mass is 505 g/mol. The van der Waals surface area contributed by atoms with Gasteiger partial charge in [0.1, 0.15) is 7.60 Å². The summed E-state index contributed by atoms with van der Waals surface area (Å²) in [5.74, 6) is 0. The van der Waals surface area contributed by atoms with Crippen LogP contribution in [0.2, 0.25) is 0 Å². The van der Waals surface area contributed by atoms with Crippen LogP contribution in [0.1, 0.15) is 162 Å². The van der Waals surface area contributed by atoms with Gasteiger partial charge in [0.2, 0.25) is 0 Å². The fourth-order valence-corrected chi connectivity index (χ4v) is 4.96. The molecular weight excluding hydrogens is 441 g/mol. The summed E-state index contributed by atoms with van der Waals surface area (Å²) < 4.78 is 15.5. The SMILES string of the molecule is CCCCCCCCCCCCP(=O)([O-])OC.CCCCCCCC[NH2+]CCCCCCCC. The topological polar surface area (TPSA) is 66.0 Å². The summed E-state index contributed by atoms with van der Waals surface area (Å²) in [4.78, 5) is 11.0. The maximum absolute atomic E-state index is 11.0. The zero-order valence-electron chi connectivity index (χ0n) is 23.9. The van der Waals surface area contributed by atoms with E-state index in [-0.39, 0.29) is 6.16 Å². The van der Waals surface area contributed by atoms with E-state index in [1.807, 2.05) is 0 Å². The molecule has 1 unspecified atom stereocenters. The predicted molar refractivity (Wildman–Crippen MR) is 150 cm³/mol. The van der Waals surface area contributed by atoms with Gasteiger partial charge in [0.25, 0.3) is 0 Å². The van der Waals surface area contributed by atoms with E-state index < -0.39 is 7.60 Å². The van der Waals surface area contributed by atoms with Crippen molar-refractivity contribution in [2.75, 3.05) is 26.4 Å². The molecule has 0 amide bonds. The van der Waals surface area contributed by atoms with Gasteiger partial charge in [-0.15, -0.1) is 0 Å². The molecule has 0 fully saturated rings. The molecule has 208 valence electrons. The van der Waals surface area contributed by atoms with Crippen LogP contribution in [-0.2, 0) is 9.09 Å². The smallest absolute Gasteiger partial charge is 0.134 e. The number of unbranched alkanes of at least 4 members (excludes halogenated alkanes) is 19. The summed E-state index contributed by atoms with van der Waals surface area (Å²) in [5.41, 5.74) is 0. The van der Waals surface area contributed by atoms with Gasteiger partial charge >= 0.3 is 0 Å². The summed E-state index contributed by atoms with van der Waals surface area (Å²) in [6, 6.07) is 0. The van der Waals surface area contributed by atoms with Crippen molar-refractivity contribution < 1.29 is 19.3 Å². The average Bonchev–Trinajstić information content (AvgIpc) is 2.83. The van der Waals surface area contributed by atoms with Crippen molar-refractivity contribution in [2.45, 2.75) is 162 Å². The second-order valence-electron chi connectivity index (χ2n) is 10.1. The molecule has 2 N–H and O–H groups in total. The van der Waals surface area contributed by atoms with Crippen LogP contribution in [0.5, 0.6) is 0 Å². The molecular formula is C29H64NO3P. The first-order chi connectivity index (χ1) is 16.5. The van der Waals surface area contributed by atoms with Crippen molar-refractivity contribution in [3.8, 4) is 0 Å². The highest BCUT2D eigenvalue weighted by molar-refractivity contribution is 7.51. The lowest BCUT2D eigenvalue weighted by Crippen LogP contribution is -2.84. The van der Waals surface area contributed by atoms with E-state index in [9.17, 15) is 9.46 Å². The minimum atomic E-state index is -3.50. The molecule has 0 radical (unpaired) electrons. The summed E-state index contributed by atoms with van der Waals surface area (Å²) >= 11 is 0. The molecule has 0 heterocycles. The van der Waals surface area contributed by atoms with Crippen LogP contribution in [-0.4, -0.2) is 26.4 Å². The Balaban J connectivity index is 0. The molecule has 0 aliphatic heterocycles. The Labute approximate surface area is 215 Å². The summed E-state index contributed by atoms with van der Waals surface area (Å²) in [6.45, 7) is 9.53. The van der Waals surface area contributed by atoms with Crippen LogP contribution >= 0.6 is 7.60 Å². The van der Waals surface area contributed by atoms with Gasteiger partial charge < -0.3 is 19.3 Å². The van der Waals surface area contributed by atoms with Gasteiger partial charge in [-0.25, -0.2) is 0 Å². The van der Waals surface area contributed by atoms with Crippen molar-refractivity contribution >= 4 is 7.60 Å². The molecule has 5 heteroatoms. The lowest BCUT2D eigenvalue weighted by atomic mass is 10.1. The molecule has 0 aliphatic rings. The Bertz CT molecular complexity index is 393. The highest BCUT2D eigenvalue weighted by Crippen LogP contribution is 2.36. The van der Waals surface area contributed by atoms with E-state index in [1.54, 1.807) is 0 Å². The maximum Gasteiger partial charge on any atom is 0.134 e. The molecule has 0 saturated heterocycles. The maximum atomic E-state index is 11.0. The average molecular weight is 506 g/mol. The van der Waals surface area contributed by atoms with Crippen molar-refractivity contribution in [1.29, 1.82) is 0 Å². The highest BCUT2D eigenvalue weighted by atomic mass is 31.2. The Kier molecular flexibility index (Phi) is 33.2. The van der Waals surface area contributed by atoms with Crippen LogP contribution in [0.15, 0.2) is 0 Å². The van der Waals surface area contributed by atoms with E-state index in [2.05, 4.69) is 30.6 Å². The number of hydrogen-bond donors (Lipinski definition) is 1. The molecule has 0 saturated carbocycles. The van der Waals surface area contributed by atoms with Gasteiger partial charge in [-0.3, -0.25) is 0 Å². The summed E-state index contributed by atoms with van der Waals surface area (Å²) in [7, 11) is -2.26. The zero-order valence-corrected chi connectivity index (χ0v) is 24.8. The molecule has 0 aromatic carbocycles. The lowest BCUT2D eigenvalue weighted by Gasteiger charge is -2.20. The van der Waals surface area contributed by atoms with E-state index in [0.717, 1.165) is 19.3 Å². The van der Waals surface area contributed by atoms with Gasteiger partial charge in [0, 0.05) is 13.3 Å². The second-order valence-corrected chi connectivity index (χ2v) is 12.1. The fourth-order valence-electron chi connectivity index (χ4n) is 4.17. The summed E-state index contributed by atoms with van der Waals surface area (Å²) in [5, 5.41) is 2.53. The molecule has 0 rings (SSSR count). The number of quaternary nitrogens is 1. The molecule has 0 aliphatic carbocycles. The quantitative estimate of drug-likeness (QED) is 0.0948. The van der Waals surface area contributed by atoms with Crippen molar-refractivity contribution in [3.63, 3.8) is 0 Å². The van der Waals surface area contributed by atoms with E-state index in [4.69, 9.17) is 0 Å². The van der Waals surface area contributed by atoms with Crippen LogP contribution in [0.25, 0.3) is 0 Å². The van der Waals surface area contributed by atoms with Gasteiger partial charge in [-0.05, 0) is 32.1 Å². The Morgan fingerprint density at radius 1 is 0.529 bits per heavy atom. The Morgan fingerprint density at radius 2 is 0.824 bits per heavy atom. The van der Waals surface area contributed by atoms with Crippen molar-refractivity contribution in [1.82, 2.24) is 0 Å². The second kappa shape index (κ2) is 31.1. The fraction of sp³-hybridized carbons (Fsp3) is 1.00. The number of nitrogens with two attached hydrogens (primary N) is 1. The molecule has 0 bridgehead atoms. The third kappa shape index (κ3) is 34.3. The Hall–Kier alpha value is 0.110. The van der Waals surface area contributed by atoms with Crippen LogP contribution in [0, 0.1) is 0 Å². The van der Waals surface area contributed by atoms with Gasteiger partial charge in [-0.2, -0.15) is 0 Å². The summed E-state index contributed by atoms with van der Waals surface area (Å²) in [6.07, 6.45) is 29.5. The normalized spacial score (nSPS) is 12.9. The first-order valence-corrected chi connectivity index (χ1v) is 16.9.